The van der Waals surface area contributed by atoms with Gasteiger partial charge in [0.15, 0.2) is 17.3 Å². The van der Waals surface area contributed by atoms with Crippen molar-refractivity contribution in [1.82, 2.24) is 14.9 Å². The number of aromatic nitrogens is 3. The van der Waals surface area contributed by atoms with E-state index in [4.69, 9.17) is 33.3 Å². The van der Waals surface area contributed by atoms with Crippen LogP contribution in [0.3, 0.4) is 0 Å². The van der Waals surface area contributed by atoms with E-state index in [2.05, 4.69) is 15.6 Å². The Balaban J connectivity index is 2.25. The van der Waals surface area contributed by atoms with Crippen molar-refractivity contribution >= 4 is 23.8 Å². The predicted octanol–water partition coefficient (Wildman–Crippen LogP) is 4.09. The van der Waals surface area contributed by atoms with Gasteiger partial charge >= 0.3 is 0 Å². The lowest BCUT2D eigenvalue weighted by Crippen LogP contribution is -2.17. The molecular formula is C16H23ClN4O2S. The van der Waals surface area contributed by atoms with Crippen LogP contribution in [0.15, 0.2) is 12.1 Å². The average Bonchev–Trinajstić information content (AvgIpc) is 2.88. The molecule has 1 aromatic heterocycles. The van der Waals surface area contributed by atoms with Crippen molar-refractivity contribution in [3.63, 3.8) is 0 Å². The Bertz CT molecular complexity index is 742. The minimum atomic E-state index is 0.0422. The van der Waals surface area contributed by atoms with E-state index in [0.717, 1.165) is 17.8 Å². The van der Waals surface area contributed by atoms with Gasteiger partial charge in [0.1, 0.15) is 0 Å². The molecule has 2 rings (SSSR count). The topological polar surface area (TPSA) is 64.1 Å². The molecule has 0 radical (unpaired) electrons. The van der Waals surface area contributed by atoms with Crippen molar-refractivity contribution in [2.75, 3.05) is 12.0 Å². The van der Waals surface area contributed by atoms with Crippen molar-refractivity contribution in [1.29, 1.82) is 0 Å². The van der Waals surface area contributed by atoms with Gasteiger partial charge in [0.2, 0.25) is 4.77 Å². The van der Waals surface area contributed by atoms with Gasteiger partial charge in [-0.1, -0.05) is 18.5 Å². The maximum Gasteiger partial charge on any atom is 0.214 e. The maximum absolute atomic E-state index is 6.40. The summed E-state index contributed by atoms with van der Waals surface area (Å²) in [5.74, 6) is 2.16. The number of rotatable bonds is 8. The van der Waals surface area contributed by atoms with Crippen LogP contribution in [0.2, 0.25) is 5.02 Å². The second-order valence-corrected chi connectivity index (χ2v) is 6.25. The standard InChI is InChI=1S/C16H23ClN4O2S/c1-5-15-19-20-16(24)21(15)18-9-11-7-13(22-6-2)14(8-12(11)17)23-10(3)4/h7-8,10,18H,5-6,9H2,1-4H3,(H,20,24). The SMILES string of the molecule is CCOc1cc(CNn2c(CC)n[nH]c2=S)c(Cl)cc1OC(C)C. The quantitative estimate of drug-likeness (QED) is 0.685. The summed E-state index contributed by atoms with van der Waals surface area (Å²) in [7, 11) is 0. The Morgan fingerprint density at radius 2 is 2.08 bits per heavy atom. The summed E-state index contributed by atoms with van der Waals surface area (Å²) in [6, 6.07) is 3.69. The zero-order chi connectivity index (χ0) is 17.7. The van der Waals surface area contributed by atoms with Gasteiger partial charge in [-0.3, -0.25) is 5.10 Å². The van der Waals surface area contributed by atoms with Gasteiger partial charge in [0, 0.05) is 17.5 Å². The first kappa shape index (κ1) is 18.6. The first-order valence-electron chi connectivity index (χ1n) is 7.98. The van der Waals surface area contributed by atoms with Crippen LogP contribution in [-0.2, 0) is 13.0 Å². The molecule has 2 aromatic rings. The minimum absolute atomic E-state index is 0.0422. The van der Waals surface area contributed by atoms with E-state index >= 15 is 0 Å². The van der Waals surface area contributed by atoms with Crippen LogP contribution >= 0.6 is 23.8 Å². The van der Waals surface area contributed by atoms with Crippen molar-refractivity contribution in [3.8, 4) is 11.5 Å². The lowest BCUT2D eigenvalue weighted by molar-refractivity contribution is 0.223. The summed E-state index contributed by atoms with van der Waals surface area (Å²) < 4.78 is 13.7. The third-order valence-electron chi connectivity index (χ3n) is 3.26. The molecule has 0 bridgehead atoms. The van der Waals surface area contributed by atoms with Crippen LogP contribution in [0, 0.1) is 4.77 Å². The summed E-state index contributed by atoms with van der Waals surface area (Å²) in [5, 5.41) is 7.55. The fourth-order valence-corrected chi connectivity index (χ4v) is 2.66. The Kier molecular flexibility index (Phi) is 6.51. The molecule has 6 nitrogen and oxygen atoms in total. The minimum Gasteiger partial charge on any atom is -0.490 e. The van der Waals surface area contributed by atoms with Crippen LogP contribution in [0.25, 0.3) is 0 Å². The molecule has 0 atom stereocenters. The summed E-state index contributed by atoms with van der Waals surface area (Å²) in [5.41, 5.74) is 4.13. The van der Waals surface area contributed by atoms with Gasteiger partial charge < -0.3 is 14.9 Å². The molecule has 1 aromatic carbocycles. The molecule has 132 valence electrons. The molecule has 1 heterocycles. The zero-order valence-corrected chi connectivity index (χ0v) is 15.9. The Morgan fingerprint density at radius 3 is 2.71 bits per heavy atom. The van der Waals surface area contributed by atoms with E-state index in [1.807, 2.05) is 33.8 Å². The smallest absolute Gasteiger partial charge is 0.214 e. The molecule has 0 fully saturated rings. The maximum atomic E-state index is 6.40. The molecule has 0 unspecified atom stereocenters. The number of H-pyrrole nitrogens is 1. The molecule has 0 aliphatic carbocycles. The average molecular weight is 371 g/mol. The molecule has 0 aliphatic rings. The van der Waals surface area contributed by atoms with Crippen molar-refractivity contribution in [2.45, 2.75) is 46.8 Å². The first-order chi connectivity index (χ1) is 11.5. The van der Waals surface area contributed by atoms with E-state index in [9.17, 15) is 0 Å². The number of ether oxygens (including phenoxy) is 2. The lowest BCUT2D eigenvalue weighted by atomic mass is 10.2. The van der Waals surface area contributed by atoms with Gasteiger partial charge in [-0.05, 0) is 44.6 Å². The summed E-state index contributed by atoms with van der Waals surface area (Å²) in [6.07, 6.45) is 0.805. The van der Waals surface area contributed by atoms with E-state index < -0.39 is 0 Å². The number of nitrogens with one attached hydrogen (secondary N) is 2. The van der Waals surface area contributed by atoms with Crippen LogP contribution in [0.1, 0.15) is 39.1 Å². The highest BCUT2D eigenvalue weighted by Crippen LogP contribution is 2.34. The number of hydrogen-bond donors (Lipinski definition) is 2. The number of halogens is 1. The third-order valence-corrected chi connectivity index (χ3v) is 3.89. The van der Waals surface area contributed by atoms with Gasteiger partial charge in [-0.2, -0.15) is 5.10 Å². The van der Waals surface area contributed by atoms with E-state index in [-0.39, 0.29) is 6.10 Å². The van der Waals surface area contributed by atoms with Gasteiger partial charge in [-0.25, -0.2) is 4.68 Å². The third kappa shape index (κ3) is 4.42. The number of nitrogens with zero attached hydrogens (tertiary/aromatic N) is 2. The molecular weight excluding hydrogens is 348 g/mol. The van der Waals surface area contributed by atoms with Gasteiger partial charge in [0.05, 0.1) is 19.3 Å². The molecule has 0 saturated heterocycles. The van der Waals surface area contributed by atoms with Crippen LogP contribution < -0.4 is 14.9 Å². The van der Waals surface area contributed by atoms with Crippen molar-refractivity contribution < 1.29 is 9.47 Å². The normalized spacial score (nSPS) is 10.9. The van der Waals surface area contributed by atoms with E-state index in [1.54, 1.807) is 10.7 Å². The molecule has 8 heteroatoms. The summed E-state index contributed by atoms with van der Waals surface area (Å²) in [4.78, 5) is 0. The highest BCUT2D eigenvalue weighted by molar-refractivity contribution is 7.71. The largest absolute Gasteiger partial charge is 0.490 e. The molecule has 2 N–H and O–H groups in total. The Morgan fingerprint density at radius 1 is 1.33 bits per heavy atom. The van der Waals surface area contributed by atoms with E-state index in [0.29, 0.717) is 34.4 Å². The highest BCUT2D eigenvalue weighted by Gasteiger charge is 2.13. The highest BCUT2D eigenvalue weighted by atomic mass is 35.5. The number of hydrogen-bond acceptors (Lipinski definition) is 5. The monoisotopic (exact) mass is 370 g/mol. The second-order valence-electron chi connectivity index (χ2n) is 5.46. The first-order valence-corrected chi connectivity index (χ1v) is 8.76. The second kappa shape index (κ2) is 8.39. The summed E-state index contributed by atoms with van der Waals surface area (Å²) in [6.45, 7) is 8.92. The van der Waals surface area contributed by atoms with Crippen LogP contribution in [0.5, 0.6) is 11.5 Å². The fraction of sp³-hybridized carbons (Fsp3) is 0.500. The van der Waals surface area contributed by atoms with Crippen LogP contribution in [0.4, 0.5) is 0 Å². The Labute approximate surface area is 152 Å². The summed E-state index contributed by atoms with van der Waals surface area (Å²) >= 11 is 11.6. The molecule has 0 aliphatic heterocycles. The van der Waals surface area contributed by atoms with Crippen molar-refractivity contribution in [2.24, 2.45) is 0 Å². The molecule has 0 amide bonds. The Hall–Kier alpha value is -1.73. The number of benzene rings is 1. The molecule has 0 saturated carbocycles. The predicted molar refractivity (Wildman–Crippen MR) is 98.2 cm³/mol. The van der Waals surface area contributed by atoms with Crippen molar-refractivity contribution in [3.05, 3.63) is 33.3 Å². The number of aromatic amines is 1. The fourth-order valence-electron chi connectivity index (χ4n) is 2.22. The van der Waals surface area contributed by atoms with Gasteiger partial charge in [0.25, 0.3) is 0 Å². The van der Waals surface area contributed by atoms with Gasteiger partial charge in [-0.15, -0.1) is 0 Å². The molecule has 0 spiro atoms. The van der Waals surface area contributed by atoms with E-state index in [1.165, 1.54) is 0 Å². The lowest BCUT2D eigenvalue weighted by Gasteiger charge is -2.17. The van der Waals surface area contributed by atoms with Crippen LogP contribution in [-0.4, -0.2) is 27.6 Å². The number of aryl methyl sites for hydroxylation is 1. The molecule has 24 heavy (non-hydrogen) atoms. The zero-order valence-electron chi connectivity index (χ0n) is 14.4.